The third kappa shape index (κ3) is 5.96. The van der Waals surface area contributed by atoms with Crippen LogP contribution in [-0.2, 0) is 21.8 Å². The van der Waals surface area contributed by atoms with E-state index in [-0.39, 0.29) is 17.9 Å². The largest absolute Gasteiger partial charge is 0.303 e. The lowest BCUT2D eigenvalue weighted by molar-refractivity contribution is -0.135. The first-order chi connectivity index (χ1) is 18.0. The maximum atomic E-state index is 13.6. The third-order valence-electron chi connectivity index (χ3n) is 7.40. The van der Waals surface area contributed by atoms with Crippen molar-refractivity contribution in [1.29, 1.82) is 0 Å². The van der Waals surface area contributed by atoms with Gasteiger partial charge in [-0.15, -0.1) is 11.8 Å². The van der Waals surface area contributed by atoms with Crippen LogP contribution < -0.4 is 10.9 Å². The molecule has 3 aromatic rings. The lowest BCUT2D eigenvalue weighted by Crippen LogP contribution is -2.45. The molecular formula is C29H34N4O3S. The highest BCUT2D eigenvalue weighted by molar-refractivity contribution is 7.98. The number of fused-ring (bicyclic) bond motifs is 1. The van der Waals surface area contributed by atoms with Crippen LogP contribution in [0.15, 0.2) is 52.2 Å². The van der Waals surface area contributed by atoms with Gasteiger partial charge in [0.15, 0.2) is 0 Å². The molecule has 5 rings (SSSR count). The molecule has 0 spiro atoms. The average molecular weight is 519 g/mol. The van der Waals surface area contributed by atoms with Gasteiger partial charge in [0.25, 0.3) is 5.56 Å². The molecule has 194 valence electrons. The minimum atomic E-state index is -0.720. The molecule has 0 bridgehead atoms. The first kappa shape index (κ1) is 25.7. The predicted molar refractivity (Wildman–Crippen MR) is 147 cm³/mol. The highest BCUT2D eigenvalue weighted by Crippen LogP contribution is 2.29. The highest BCUT2D eigenvalue weighted by Gasteiger charge is 2.30. The van der Waals surface area contributed by atoms with Crippen LogP contribution in [0.5, 0.6) is 0 Å². The summed E-state index contributed by atoms with van der Waals surface area (Å²) in [6, 6.07) is 13.8. The molecule has 37 heavy (non-hydrogen) atoms. The van der Waals surface area contributed by atoms with E-state index in [9.17, 15) is 14.4 Å². The van der Waals surface area contributed by atoms with E-state index in [1.165, 1.54) is 61.0 Å². The van der Waals surface area contributed by atoms with Gasteiger partial charge in [0.2, 0.25) is 11.8 Å². The molecule has 7 nitrogen and oxygen atoms in total. The van der Waals surface area contributed by atoms with Gasteiger partial charge in [0.1, 0.15) is 11.9 Å². The fourth-order valence-electron chi connectivity index (χ4n) is 5.39. The lowest BCUT2D eigenvalue weighted by Gasteiger charge is -2.26. The standard InChI is InChI=1S/C29H34N4O3S/c1-20-30-23-8-5-9-25(27(23)29(36)33(20)24-14-15-26(34)31-28(24)35)37-19-22-12-10-21(11-13-22)7-6-18-32-16-3-2-4-17-32/h5,8-13,24H,2-4,6-7,14-19H2,1H3,(H,31,34,35). The van der Waals surface area contributed by atoms with Crippen molar-refractivity contribution in [3.8, 4) is 0 Å². The molecule has 1 unspecified atom stereocenters. The van der Waals surface area contributed by atoms with Crippen molar-refractivity contribution in [1.82, 2.24) is 19.8 Å². The van der Waals surface area contributed by atoms with Crippen molar-refractivity contribution in [3.05, 3.63) is 69.8 Å². The molecule has 8 heteroatoms. The Morgan fingerprint density at radius 1 is 1.00 bits per heavy atom. The Balaban J connectivity index is 1.28. The quantitative estimate of drug-likeness (QED) is 0.352. The Kier molecular flexibility index (Phi) is 8.05. The van der Waals surface area contributed by atoms with Crippen LogP contribution >= 0.6 is 11.8 Å². The van der Waals surface area contributed by atoms with Gasteiger partial charge in [-0.05, 0) is 81.9 Å². The molecule has 2 aliphatic rings. The van der Waals surface area contributed by atoms with E-state index in [1.807, 2.05) is 18.2 Å². The van der Waals surface area contributed by atoms with Crippen LogP contribution in [0.1, 0.15) is 61.5 Å². The summed E-state index contributed by atoms with van der Waals surface area (Å²) in [4.78, 5) is 45.8. The number of carbonyl (C=O) groups is 2. The molecule has 2 fully saturated rings. The summed E-state index contributed by atoms with van der Waals surface area (Å²) in [5.74, 6) is 0.470. The van der Waals surface area contributed by atoms with E-state index in [4.69, 9.17) is 0 Å². The summed E-state index contributed by atoms with van der Waals surface area (Å²) in [5, 5.41) is 2.88. The Morgan fingerprint density at radius 2 is 1.76 bits per heavy atom. The molecular weight excluding hydrogens is 484 g/mol. The number of likely N-dealkylation sites (tertiary alicyclic amines) is 1. The number of hydrogen-bond acceptors (Lipinski definition) is 6. The Bertz CT molecular complexity index is 1350. The second kappa shape index (κ2) is 11.6. The number of imide groups is 1. The smallest absolute Gasteiger partial charge is 0.263 e. The minimum absolute atomic E-state index is 0.213. The second-order valence-corrected chi connectivity index (χ2v) is 11.1. The number of piperidine rings is 2. The van der Waals surface area contributed by atoms with Gasteiger partial charge in [0.05, 0.1) is 10.9 Å². The van der Waals surface area contributed by atoms with Crippen LogP contribution in [0.25, 0.3) is 10.9 Å². The van der Waals surface area contributed by atoms with Gasteiger partial charge in [-0.25, -0.2) is 4.98 Å². The monoisotopic (exact) mass is 518 g/mol. The number of nitrogens with zero attached hydrogens (tertiary/aromatic N) is 3. The highest BCUT2D eigenvalue weighted by atomic mass is 32.2. The maximum Gasteiger partial charge on any atom is 0.263 e. The SMILES string of the molecule is Cc1nc2cccc(SCc3ccc(CCCN4CCCCC4)cc3)c2c(=O)n1C1CCC(=O)NC1=O. The maximum absolute atomic E-state index is 13.6. The summed E-state index contributed by atoms with van der Waals surface area (Å²) < 4.78 is 1.45. The van der Waals surface area contributed by atoms with Crippen LogP contribution in [0.4, 0.5) is 0 Å². The molecule has 0 radical (unpaired) electrons. The normalized spacial score (nSPS) is 18.8. The van der Waals surface area contributed by atoms with Gasteiger partial charge in [-0.2, -0.15) is 0 Å². The molecule has 2 saturated heterocycles. The number of aryl methyl sites for hydroxylation is 2. The summed E-state index contributed by atoms with van der Waals surface area (Å²) in [5.41, 5.74) is 2.96. The molecule has 1 N–H and O–H groups in total. The molecule has 0 saturated carbocycles. The fraction of sp³-hybridized carbons (Fsp3) is 0.448. The van der Waals surface area contributed by atoms with E-state index in [0.29, 0.717) is 23.1 Å². The molecule has 0 aliphatic carbocycles. The number of amides is 2. The van der Waals surface area contributed by atoms with Crippen molar-refractivity contribution < 1.29 is 9.59 Å². The second-order valence-electron chi connectivity index (χ2n) is 10.1. The minimum Gasteiger partial charge on any atom is -0.303 e. The van der Waals surface area contributed by atoms with Crippen molar-refractivity contribution in [2.45, 2.75) is 68.6 Å². The number of rotatable bonds is 8. The number of aromatic nitrogens is 2. The molecule has 1 atom stereocenters. The van der Waals surface area contributed by atoms with Crippen molar-refractivity contribution in [2.24, 2.45) is 0 Å². The first-order valence-corrected chi connectivity index (χ1v) is 14.3. The van der Waals surface area contributed by atoms with Gasteiger partial charge in [0, 0.05) is 17.1 Å². The molecule has 2 aromatic carbocycles. The van der Waals surface area contributed by atoms with Crippen LogP contribution in [0.2, 0.25) is 0 Å². The number of hydrogen-bond donors (Lipinski definition) is 1. The average Bonchev–Trinajstić information content (AvgIpc) is 2.90. The van der Waals surface area contributed by atoms with Crippen LogP contribution in [-0.4, -0.2) is 45.9 Å². The van der Waals surface area contributed by atoms with E-state index >= 15 is 0 Å². The number of nitrogens with one attached hydrogen (secondary N) is 1. The van der Waals surface area contributed by atoms with E-state index < -0.39 is 11.9 Å². The number of thioether (sulfide) groups is 1. The van der Waals surface area contributed by atoms with Crippen LogP contribution in [0, 0.1) is 6.92 Å². The fourth-order valence-corrected chi connectivity index (χ4v) is 6.42. The van der Waals surface area contributed by atoms with E-state index in [2.05, 4.69) is 39.5 Å². The lowest BCUT2D eigenvalue weighted by atomic mass is 10.1. The molecule has 2 amide bonds. The van der Waals surface area contributed by atoms with Gasteiger partial charge in [-0.1, -0.05) is 36.8 Å². The van der Waals surface area contributed by atoms with Gasteiger partial charge >= 0.3 is 0 Å². The third-order valence-corrected chi connectivity index (χ3v) is 8.52. The van der Waals surface area contributed by atoms with Crippen molar-refractivity contribution >= 4 is 34.5 Å². The van der Waals surface area contributed by atoms with Gasteiger partial charge < -0.3 is 4.90 Å². The van der Waals surface area contributed by atoms with E-state index in [0.717, 1.165) is 17.1 Å². The van der Waals surface area contributed by atoms with Gasteiger partial charge in [-0.3, -0.25) is 24.3 Å². The molecule has 1 aromatic heterocycles. The topological polar surface area (TPSA) is 84.3 Å². The zero-order valence-corrected chi connectivity index (χ0v) is 22.2. The van der Waals surface area contributed by atoms with Crippen molar-refractivity contribution in [2.75, 3.05) is 19.6 Å². The van der Waals surface area contributed by atoms with Crippen LogP contribution in [0.3, 0.4) is 0 Å². The van der Waals surface area contributed by atoms with E-state index in [1.54, 1.807) is 18.7 Å². The summed E-state index contributed by atoms with van der Waals surface area (Å²) >= 11 is 1.61. The summed E-state index contributed by atoms with van der Waals surface area (Å²) in [7, 11) is 0. The summed E-state index contributed by atoms with van der Waals surface area (Å²) in [6.45, 7) is 5.41. The Labute approximate surface area is 221 Å². The first-order valence-electron chi connectivity index (χ1n) is 13.3. The summed E-state index contributed by atoms with van der Waals surface area (Å²) in [6.07, 6.45) is 6.85. The van der Waals surface area contributed by atoms with Crippen molar-refractivity contribution in [3.63, 3.8) is 0 Å². The number of carbonyl (C=O) groups excluding carboxylic acids is 2. The number of benzene rings is 2. The zero-order chi connectivity index (χ0) is 25.8. The molecule has 3 heterocycles. The Morgan fingerprint density at radius 3 is 2.51 bits per heavy atom. The molecule has 2 aliphatic heterocycles. The zero-order valence-electron chi connectivity index (χ0n) is 21.4. The predicted octanol–water partition coefficient (Wildman–Crippen LogP) is 4.39. The Hall–Kier alpha value is -2.97.